The minimum absolute atomic E-state index is 0.205. The zero-order valence-corrected chi connectivity index (χ0v) is 9.31. The number of hydrogen-bond donors (Lipinski definition) is 1. The van der Waals surface area contributed by atoms with Crippen molar-refractivity contribution >= 4 is 29.1 Å². The molecule has 0 radical (unpaired) electrons. The Morgan fingerprint density at radius 3 is 3.07 bits per heavy atom. The van der Waals surface area contributed by atoms with Crippen LogP contribution in [0.1, 0.15) is 16.1 Å². The van der Waals surface area contributed by atoms with Crippen molar-refractivity contribution in [2.45, 2.75) is 9.96 Å². The summed E-state index contributed by atoms with van der Waals surface area (Å²) in [7, 11) is 0. The molecule has 78 valence electrons. The van der Waals surface area contributed by atoms with Crippen molar-refractivity contribution in [3.05, 3.63) is 41.2 Å². The van der Waals surface area contributed by atoms with E-state index in [1.165, 1.54) is 10.5 Å². The average Bonchev–Trinajstić information content (AvgIpc) is 2.86. The molecule has 2 aromatic rings. The van der Waals surface area contributed by atoms with Crippen molar-refractivity contribution in [1.82, 2.24) is 0 Å². The van der Waals surface area contributed by atoms with E-state index in [1.807, 2.05) is 17.5 Å². The van der Waals surface area contributed by atoms with Crippen LogP contribution in [0.2, 0.25) is 0 Å². The fraction of sp³-hybridized carbons (Fsp3) is 0.100. The van der Waals surface area contributed by atoms with E-state index in [0.29, 0.717) is 11.5 Å². The van der Waals surface area contributed by atoms with Crippen LogP contribution < -0.4 is 0 Å². The van der Waals surface area contributed by atoms with Gasteiger partial charge < -0.3 is 9.52 Å². The maximum atomic E-state index is 10.6. The topological polar surface area (TPSA) is 50.4 Å². The third kappa shape index (κ3) is 2.64. The highest BCUT2D eigenvalue weighted by Crippen LogP contribution is 2.27. The van der Waals surface area contributed by atoms with E-state index in [2.05, 4.69) is 0 Å². The van der Waals surface area contributed by atoms with E-state index in [1.54, 1.807) is 29.2 Å². The fourth-order valence-electron chi connectivity index (χ4n) is 1.06. The Bertz CT molecular complexity index is 445. The van der Waals surface area contributed by atoms with Crippen LogP contribution in [0, 0.1) is 0 Å². The number of carbonyl (C=O) groups is 1. The SMILES string of the molecule is O=C(O)c1coc(CSc2cccs2)c1. The number of thiophene rings is 1. The van der Waals surface area contributed by atoms with Gasteiger partial charge in [-0.1, -0.05) is 6.07 Å². The van der Waals surface area contributed by atoms with Crippen LogP contribution in [0.15, 0.2) is 38.5 Å². The van der Waals surface area contributed by atoms with Crippen LogP contribution in [-0.2, 0) is 5.75 Å². The first-order valence-electron chi connectivity index (χ1n) is 4.23. The largest absolute Gasteiger partial charge is 0.478 e. The monoisotopic (exact) mass is 240 g/mol. The lowest BCUT2D eigenvalue weighted by Crippen LogP contribution is -1.91. The molecule has 2 aromatic heterocycles. The highest BCUT2D eigenvalue weighted by Gasteiger charge is 2.08. The summed E-state index contributed by atoms with van der Waals surface area (Å²) in [4.78, 5) is 10.6. The lowest BCUT2D eigenvalue weighted by molar-refractivity contribution is 0.0696. The molecule has 0 aliphatic rings. The van der Waals surface area contributed by atoms with Gasteiger partial charge in [-0.25, -0.2) is 4.79 Å². The van der Waals surface area contributed by atoms with Crippen LogP contribution in [-0.4, -0.2) is 11.1 Å². The second-order valence-corrected chi connectivity index (χ2v) is 5.05. The Labute approximate surface area is 94.7 Å². The average molecular weight is 240 g/mol. The fourth-order valence-corrected chi connectivity index (χ4v) is 2.73. The molecule has 15 heavy (non-hydrogen) atoms. The Morgan fingerprint density at radius 2 is 2.47 bits per heavy atom. The Hall–Kier alpha value is -1.20. The van der Waals surface area contributed by atoms with E-state index in [-0.39, 0.29) is 5.56 Å². The maximum absolute atomic E-state index is 10.6. The quantitative estimate of drug-likeness (QED) is 0.833. The van der Waals surface area contributed by atoms with Gasteiger partial charge >= 0.3 is 5.97 Å². The second kappa shape index (κ2) is 4.55. The molecule has 0 bridgehead atoms. The molecule has 0 atom stereocenters. The summed E-state index contributed by atoms with van der Waals surface area (Å²) in [6.07, 6.45) is 1.27. The Morgan fingerprint density at radius 1 is 1.60 bits per heavy atom. The summed E-state index contributed by atoms with van der Waals surface area (Å²) >= 11 is 3.30. The van der Waals surface area contributed by atoms with Crippen molar-refractivity contribution < 1.29 is 14.3 Å². The smallest absolute Gasteiger partial charge is 0.338 e. The number of thioether (sulfide) groups is 1. The first-order valence-corrected chi connectivity index (χ1v) is 6.09. The van der Waals surface area contributed by atoms with Gasteiger partial charge in [-0.15, -0.1) is 23.1 Å². The van der Waals surface area contributed by atoms with E-state index < -0.39 is 5.97 Å². The highest BCUT2D eigenvalue weighted by molar-refractivity contribution is 8.00. The van der Waals surface area contributed by atoms with E-state index in [0.717, 1.165) is 0 Å². The Balaban J connectivity index is 1.96. The first kappa shape index (κ1) is 10.3. The van der Waals surface area contributed by atoms with Crippen molar-refractivity contribution in [1.29, 1.82) is 0 Å². The summed E-state index contributed by atoms with van der Waals surface area (Å²) in [5, 5.41) is 10.7. The molecule has 1 N–H and O–H groups in total. The van der Waals surface area contributed by atoms with Gasteiger partial charge in [0.05, 0.1) is 15.5 Å². The number of furan rings is 1. The molecule has 0 spiro atoms. The van der Waals surface area contributed by atoms with E-state index in [4.69, 9.17) is 9.52 Å². The number of carboxylic acids is 1. The molecule has 3 nitrogen and oxygen atoms in total. The maximum Gasteiger partial charge on any atom is 0.338 e. The van der Waals surface area contributed by atoms with Crippen molar-refractivity contribution in [2.75, 3.05) is 0 Å². The molecule has 0 saturated carbocycles. The van der Waals surface area contributed by atoms with Crippen LogP contribution in [0.4, 0.5) is 0 Å². The zero-order chi connectivity index (χ0) is 10.7. The lowest BCUT2D eigenvalue weighted by Gasteiger charge is -1.92. The van der Waals surface area contributed by atoms with Crippen molar-refractivity contribution in [3.8, 4) is 0 Å². The van der Waals surface area contributed by atoms with Gasteiger partial charge in [-0.3, -0.25) is 0 Å². The van der Waals surface area contributed by atoms with Gasteiger partial charge in [0.2, 0.25) is 0 Å². The van der Waals surface area contributed by atoms with Crippen LogP contribution in [0.3, 0.4) is 0 Å². The molecule has 2 heterocycles. The summed E-state index contributed by atoms with van der Waals surface area (Å²) < 4.78 is 6.32. The van der Waals surface area contributed by atoms with Gasteiger partial charge in [-0.05, 0) is 17.5 Å². The number of hydrogen-bond acceptors (Lipinski definition) is 4. The number of rotatable bonds is 4. The predicted molar refractivity (Wildman–Crippen MR) is 59.5 cm³/mol. The van der Waals surface area contributed by atoms with Gasteiger partial charge in [-0.2, -0.15) is 0 Å². The number of aromatic carboxylic acids is 1. The molecule has 0 amide bonds. The predicted octanol–water partition coefficient (Wildman–Crippen LogP) is 3.33. The lowest BCUT2D eigenvalue weighted by atomic mass is 10.3. The van der Waals surface area contributed by atoms with Crippen LogP contribution in [0.5, 0.6) is 0 Å². The van der Waals surface area contributed by atoms with Gasteiger partial charge in [0.1, 0.15) is 12.0 Å². The van der Waals surface area contributed by atoms with Crippen LogP contribution >= 0.6 is 23.1 Å². The minimum Gasteiger partial charge on any atom is -0.478 e. The summed E-state index contributed by atoms with van der Waals surface area (Å²) in [5.41, 5.74) is 0.205. The molecule has 0 saturated heterocycles. The second-order valence-electron chi connectivity index (χ2n) is 2.83. The molecule has 0 aliphatic carbocycles. The summed E-state index contributed by atoms with van der Waals surface area (Å²) in [6.45, 7) is 0. The van der Waals surface area contributed by atoms with Gasteiger partial charge in [0.25, 0.3) is 0 Å². The molecule has 0 unspecified atom stereocenters. The third-order valence-electron chi connectivity index (χ3n) is 1.75. The van der Waals surface area contributed by atoms with E-state index >= 15 is 0 Å². The van der Waals surface area contributed by atoms with Crippen molar-refractivity contribution in [2.24, 2.45) is 0 Å². The molecule has 0 fully saturated rings. The Kier molecular flexibility index (Phi) is 3.13. The standard InChI is InChI=1S/C10H8O3S2/c11-10(12)7-4-8(13-5-7)6-15-9-2-1-3-14-9/h1-5H,6H2,(H,11,12). The zero-order valence-electron chi connectivity index (χ0n) is 7.67. The molecular formula is C10H8O3S2. The van der Waals surface area contributed by atoms with Crippen molar-refractivity contribution in [3.63, 3.8) is 0 Å². The van der Waals surface area contributed by atoms with Gasteiger partial charge in [0.15, 0.2) is 0 Å². The third-order valence-corrected chi connectivity index (χ3v) is 3.91. The molecule has 0 aliphatic heterocycles. The van der Waals surface area contributed by atoms with E-state index in [9.17, 15) is 4.79 Å². The number of carboxylic acid groups (broad SMARTS) is 1. The molecule has 0 aromatic carbocycles. The summed E-state index contributed by atoms with van der Waals surface area (Å²) in [5.74, 6) is 0.394. The van der Waals surface area contributed by atoms with Gasteiger partial charge in [0, 0.05) is 0 Å². The first-order chi connectivity index (χ1) is 7.25. The summed E-state index contributed by atoms with van der Waals surface area (Å²) in [6, 6.07) is 5.57. The molecule has 2 rings (SSSR count). The molecular weight excluding hydrogens is 232 g/mol. The normalized spacial score (nSPS) is 10.4. The van der Waals surface area contributed by atoms with Crippen LogP contribution in [0.25, 0.3) is 0 Å². The molecule has 5 heteroatoms. The minimum atomic E-state index is -0.953. The highest BCUT2D eigenvalue weighted by atomic mass is 32.2.